The highest BCUT2D eigenvalue weighted by Gasteiger charge is 2.49. The van der Waals surface area contributed by atoms with Gasteiger partial charge in [-0.1, -0.05) is 0 Å². The van der Waals surface area contributed by atoms with Crippen LogP contribution < -0.4 is 0 Å². The third-order valence-corrected chi connectivity index (χ3v) is 3.90. The fourth-order valence-electron chi connectivity index (χ4n) is 3.39. The van der Waals surface area contributed by atoms with E-state index in [1.165, 1.54) is 12.8 Å². The van der Waals surface area contributed by atoms with Crippen LogP contribution in [0, 0.1) is 23.7 Å². The fourth-order valence-corrected chi connectivity index (χ4v) is 3.39. The summed E-state index contributed by atoms with van der Waals surface area (Å²) in [7, 11) is 0. The average molecular weight is 138 g/mol. The van der Waals surface area contributed by atoms with Crippen molar-refractivity contribution in [3.05, 3.63) is 0 Å². The third kappa shape index (κ3) is 0.531. The lowest BCUT2D eigenvalue weighted by molar-refractivity contribution is 0.163. The molecular formula is C9H14O. The average Bonchev–Trinajstić information content (AvgIpc) is 2.60. The summed E-state index contributed by atoms with van der Waals surface area (Å²) in [4.78, 5) is 0. The molecule has 1 aliphatic heterocycles. The predicted octanol–water partition coefficient (Wildman–Crippen LogP) is 1.68. The van der Waals surface area contributed by atoms with Crippen molar-refractivity contribution >= 4 is 0 Å². The molecule has 0 aromatic rings. The van der Waals surface area contributed by atoms with Gasteiger partial charge in [-0.3, -0.25) is 0 Å². The first-order chi connectivity index (χ1) is 4.95. The molecule has 2 unspecified atom stereocenters. The van der Waals surface area contributed by atoms with Gasteiger partial charge in [0.05, 0.1) is 13.2 Å². The van der Waals surface area contributed by atoms with Crippen LogP contribution in [0.3, 0.4) is 0 Å². The molecule has 2 aliphatic carbocycles. The topological polar surface area (TPSA) is 9.23 Å². The smallest absolute Gasteiger partial charge is 0.0500 e. The molecule has 0 radical (unpaired) electrons. The van der Waals surface area contributed by atoms with Crippen LogP contribution in [0.1, 0.15) is 19.3 Å². The zero-order chi connectivity index (χ0) is 6.55. The summed E-state index contributed by atoms with van der Waals surface area (Å²) in [5, 5.41) is 0. The van der Waals surface area contributed by atoms with Crippen LogP contribution in [0.4, 0.5) is 0 Å². The molecule has 3 rings (SSSR count). The SMILES string of the molecule is C1OCC2C1[C@@H]1CC[C@H]2C1. The molecular weight excluding hydrogens is 124 g/mol. The molecule has 1 heterocycles. The van der Waals surface area contributed by atoms with Crippen molar-refractivity contribution in [2.75, 3.05) is 13.2 Å². The molecule has 3 aliphatic rings. The number of hydrogen-bond donors (Lipinski definition) is 0. The quantitative estimate of drug-likeness (QED) is 0.495. The van der Waals surface area contributed by atoms with E-state index in [1.54, 1.807) is 6.42 Å². The number of fused-ring (bicyclic) bond motifs is 5. The van der Waals surface area contributed by atoms with Gasteiger partial charge in [0, 0.05) is 0 Å². The molecule has 4 atom stereocenters. The zero-order valence-electron chi connectivity index (χ0n) is 6.25. The minimum absolute atomic E-state index is 0.985. The van der Waals surface area contributed by atoms with Crippen LogP contribution in [0.5, 0.6) is 0 Å². The minimum atomic E-state index is 0.985. The molecule has 3 fully saturated rings. The van der Waals surface area contributed by atoms with Crippen molar-refractivity contribution in [1.29, 1.82) is 0 Å². The van der Waals surface area contributed by atoms with Crippen LogP contribution in [-0.2, 0) is 4.74 Å². The molecule has 0 aromatic heterocycles. The molecule has 56 valence electrons. The molecule has 2 bridgehead atoms. The van der Waals surface area contributed by atoms with Crippen LogP contribution in [0.25, 0.3) is 0 Å². The standard InChI is InChI=1S/C9H14O/c1-2-7-3-6(1)8-4-10-5-9(7)8/h6-9H,1-5H2/t6-,7+,8?,9?. The van der Waals surface area contributed by atoms with E-state index in [1.807, 2.05) is 0 Å². The molecule has 0 aromatic carbocycles. The van der Waals surface area contributed by atoms with Crippen molar-refractivity contribution in [1.82, 2.24) is 0 Å². The Morgan fingerprint density at radius 3 is 2.10 bits per heavy atom. The van der Waals surface area contributed by atoms with E-state index < -0.39 is 0 Å². The molecule has 0 N–H and O–H groups in total. The zero-order valence-corrected chi connectivity index (χ0v) is 6.25. The highest BCUT2D eigenvalue weighted by Crippen LogP contribution is 2.54. The highest BCUT2D eigenvalue weighted by atomic mass is 16.5. The Balaban J connectivity index is 1.92. The molecule has 10 heavy (non-hydrogen) atoms. The van der Waals surface area contributed by atoms with Crippen LogP contribution in [-0.4, -0.2) is 13.2 Å². The van der Waals surface area contributed by atoms with Gasteiger partial charge in [-0.25, -0.2) is 0 Å². The monoisotopic (exact) mass is 138 g/mol. The van der Waals surface area contributed by atoms with Gasteiger partial charge in [-0.2, -0.15) is 0 Å². The Morgan fingerprint density at radius 2 is 1.50 bits per heavy atom. The maximum atomic E-state index is 5.49. The maximum Gasteiger partial charge on any atom is 0.0500 e. The summed E-state index contributed by atoms with van der Waals surface area (Å²) in [6.07, 6.45) is 4.56. The van der Waals surface area contributed by atoms with Crippen LogP contribution in [0.15, 0.2) is 0 Å². The Hall–Kier alpha value is -0.0400. The van der Waals surface area contributed by atoms with E-state index in [-0.39, 0.29) is 0 Å². The maximum absolute atomic E-state index is 5.49. The summed E-state index contributed by atoms with van der Waals surface area (Å²) in [6, 6.07) is 0. The van der Waals surface area contributed by atoms with E-state index in [2.05, 4.69) is 0 Å². The summed E-state index contributed by atoms with van der Waals surface area (Å²) in [5.41, 5.74) is 0. The third-order valence-electron chi connectivity index (χ3n) is 3.90. The van der Waals surface area contributed by atoms with Crippen molar-refractivity contribution < 1.29 is 4.74 Å². The second-order valence-electron chi connectivity index (χ2n) is 4.20. The summed E-state index contributed by atoms with van der Waals surface area (Å²) >= 11 is 0. The van der Waals surface area contributed by atoms with E-state index >= 15 is 0 Å². The van der Waals surface area contributed by atoms with Gasteiger partial charge in [0.2, 0.25) is 0 Å². The van der Waals surface area contributed by atoms with Gasteiger partial charge >= 0.3 is 0 Å². The second-order valence-corrected chi connectivity index (χ2v) is 4.20. The number of rotatable bonds is 0. The number of hydrogen-bond acceptors (Lipinski definition) is 1. The predicted molar refractivity (Wildman–Crippen MR) is 38.6 cm³/mol. The van der Waals surface area contributed by atoms with Crippen molar-refractivity contribution in [3.8, 4) is 0 Å². The largest absolute Gasteiger partial charge is 0.381 e. The van der Waals surface area contributed by atoms with Gasteiger partial charge < -0.3 is 4.74 Å². The Bertz CT molecular complexity index is 139. The van der Waals surface area contributed by atoms with E-state index in [9.17, 15) is 0 Å². The van der Waals surface area contributed by atoms with Crippen LogP contribution in [0.2, 0.25) is 0 Å². The van der Waals surface area contributed by atoms with E-state index in [0.717, 1.165) is 36.9 Å². The van der Waals surface area contributed by atoms with Crippen molar-refractivity contribution in [2.24, 2.45) is 23.7 Å². The normalized spacial score (nSPS) is 57.6. The lowest BCUT2D eigenvalue weighted by Crippen LogP contribution is -2.19. The molecule has 1 nitrogen and oxygen atoms in total. The molecule has 0 amide bonds. The highest BCUT2D eigenvalue weighted by molar-refractivity contribution is 4.98. The van der Waals surface area contributed by atoms with Crippen molar-refractivity contribution in [3.63, 3.8) is 0 Å². The summed E-state index contributed by atoms with van der Waals surface area (Å²) in [5.74, 6) is 4.10. The number of ether oxygens (including phenoxy) is 1. The van der Waals surface area contributed by atoms with E-state index in [0.29, 0.717) is 0 Å². The first-order valence-electron chi connectivity index (χ1n) is 4.53. The van der Waals surface area contributed by atoms with Gasteiger partial charge in [0.1, 0.15) is 0 Å². The molecule has 1 heteroatoms. The lowest BCUT2D eigenvalue weighted by atomic mass is 9.82. The lowest BCUT2D eigenvalue weighted by Gasteiger charge is -2.21. The Labute approximate surface area is 61.8 Å². The Morgan fingerprint density at radius 1 is 0.900 bits per heavy atom. The first kappa shape index (κ1) is 5.59. The summed E-state index contributed by atoms with van der Waals surface area (Å²) < 4.78 is 5.49. The molecule has 0 spiro atoms. The fraction of sp³-hybridized carbons (Fsp3) is 1.00. The van der Waals surface area contributed by atoms with Gasteiger partial charge in [-0.05, 0) is 42.9 Å². The van der Waals surface area contributed by atoms with Gasteiger partial charge in [0.15, 0.2) is 0 Å². The van der Waals surface area contributed by atoms with E-state index in [4.69, 9.17) is 4.74 Å². The van der Waals surface area contributed by atoms with Crippen LogP contribution >= 0.6 is 0 Å². The molecule has 2 saturated carbocycles. The molecule has 1 saturated heterocycles. The second kappa shape index (κ2) is 1.76. The van der Waals surface area contributed by atoms with Gasteiger partial charge in [-0.15, -0.1) is 0 Å². The summed E-state index contributed by atoms with van der Waals surface area (Å²) in [6.45, 7) is 2.18. The van der Waals surface area contributed by atoms with Crippen molar-refractivity contribution in [2.45, 2.75) is 19.3 Å². The Kier molecular flexibility index (Phi) is 0.984. The first-order valence-corrected chi connectivity index (χ1v) is 4.53. The van der Waals surface area contributed by atoms with Gasteiger partial charge in [0.25, 0.3) is 0 Å². The minimum Gasteiger partial charge on any atom is -0.381 e.